The van der Waals surface area contributed by atoms with Crippen molar-refractivity contribution < 1.29 is 25.6 Å². The molecule has 24 heavy (non-hydrogen) atoms. The molecule has 0 aliphatic rings. The summed E-state index contributed by atoms with van der Waals surface area (Å²) in [7, 11) is -7.41. The molecule has 1 atom stereocenters. The highest BCUT2D eigenvalue weighted by Crippen LogP contribution is 2.20. The number of benzene rings is 2. The summed E-state index contributed by atoms with van der Waals surface area (Å²) in [5, 5.41) is 0. The Morgan fingerprint density at radius 3 is 1.92 bits per heavy atom. The van der Waals surface area contributed by atoms with E-state index in [1.165, 1.54) is 24.3 Å². The number of rotatable bonds is 5. The third kappa shape index (κ3) is 4.16. The van der Waals surface area contributed by atoms with Gasteiger partial charge in [0.15, 0.2) is 21.5 Å². The van der Waals surface area contributed by atoms with E-state index >= 15 is 0 Å². The minimum Gasteiger partial charge on any atom is -0.224 e. The molecule has 0 heterocycles. The number of hydrogen-bond acceptors (Lipinski definition) is 4. The van der Waals surface area contributed by atoms with Gasteiger partial charge in [-0.3, -0.25) is 0 Å². The molecule has 0 aromatic heterocycles. The fourth-order valence-corrected chi connectivity index (χ4v) is 3.89. The molecule has 130 valence electrons. The molecule has 0 bridgehead atoms. The van der Waals surface area contributed by atoms with Crippen LogP contribution in [-0.2, 0) is 19.9 Å². The lowest BCUT2D eigenvalue weighted by molar-refractivity contribution is 0.503. The van der Waals surface area contributed by atoms with E-state index < -0.39 is 42.4 Å². The van der Waals surface area contributed by atoms with E-state index in [9.17, 15) is 25.6 Å². The first kappa shape index (κ1) is 18.5. The lowest BCUT2D eigenvalue weighted by Gasteiger charge is -2.15. The molecule has 0 saturated heterocycles. The van der Waals surface area contributed by atoms with E-state index in [0.29, 0.717) is 11.6 Å². The molecular formula is C15H15F2NO4S2. The molecule has 9 heteroatoms. The average molecular weight is 375 g/mol. The first-order chi connectivity index (χ1) is 11.0. The lowest BCUT2D eigenvalue weighted by Crippen LogP contribution is -2.27. The first-order valence-corrected chi connectivity index (χ1v) is 10.2. The van der Waals surface area contributed by atoms with Crippen molar-refractivity contribution in [2.45, 2.75) is 22.8 Å². The summed E-state index contributed by atoms with van der Waals surface area (Å²) in [6.07, 6.45) is 1.07. The Bertz CT molecular complexity index is 955. The maximum Gasteiger partial charge on any atom is 0.241 e. The molecule has 2 aromatic rings. The molecule has 2 rings (SSSR count). The lowest BCUT2D eigenvalue weighted by atomic mass is 10.1. The van der Waals surface area contributed by atoms with E-state index in [2.05, 4.69) is 4.72 Å². The highest BCUT2D eigenvalue weighted by molar-refractivity contribution is 7.90. The SMILES string of the molecule is CC(NS(=O)(=O)c1ccc(F)c(F)c1)c1ccc(S(C)(=O)=O)cc1. The number of hydrogen-bond donors (Lipinski definition) is 1. The van der Waals surface area contributed by atoms with Crippen molar-refractivity contribution >= 4 is 19.9 Å². The minimum atomic E-state index is -4.06. The van der Waals surface area contributed by atoms with Crippen molar-refractivity contribution in [3.05, 3.63) is 59.7 Å². The molecule has 0 amide bonds. The molecule has 1 N–H and O–H groups in total. The van der Waals surface area contributed by atoms with Crippen molar-refractivity contribution in [3.8, 4) is 0 Å². The summed E-state index contributed by atoms with van der Waals surface area (Å²) >= 11 is 0. The summed E-state index contributed by atoms with van der Waals surface area (Å²) < 4.78 is 75.7. The maximum atomic E-state index is 13.2. The quantitative estimate of drug-likeness (QED) is 0.870. The Kier molecular flexibility index (Phi) is 5.07. The molecule has 1 unspecified atom stereocenters. The fourth-order valence-electron chi connectivity index (χ4n) is 2.02. The van der Waals surface area contributed by atoms with Gasteiger partial charge in [-0.15, -0.1) is 0 Å². The molecule has 2 aromatic carbocycles. The third-order valence-corrected chi connectivity index (χ3v) is 6.01. The van der Waals surface area contributed by atoms with Gasteiger partial charge < -0.3 is 0 Å². The van der Waals surface area contributed by atoms with Crippen molar-refractivity contribution in [1.82, 2.24) is 4.72 Å². The Morgan fingerprint density at radius 1 is 0.875 bits per heavy atom. The van der Waals surface area contributed by atoms with Crippen molar-refractivity contribution in [2.24, 2.45) is 0 Å². The summed E-state index contributed by atoms with van der Waals surface area (Å²) in [5.41, 5.74) is 0.522. The smallest absolute Gasteiger partial charge is 0.224 e. The van der Waals surface area contributed by atoms with Crippen LogP contribution in [0, 0.1) is 11.6 Å². The van der Waals surface area contributed by atoms with Gasteiger partial charge in [-0.2, -0.15) is 0 Å². The molecule has 0 aliphatic heterocycles. The molecule has 0 radical (unpaired) electrons. The number of nitrogens with one attached hydrogen (secondary N) is 1. The van der Waals surface area contributed by atoms with E-state index in [1.807, 2.05) is 0 Å². The van der Waals surface area contributed by atoms with Gasteiger partial charge >= 0.3 is 0 Å². The monoisotopic (exact) mass is 375 g/mol. The van der Waals surface area contributed by atoms with Crippen LogP contribution in [0.2, 0.25) is 0 Å². The van der Waals surface area contributed by atoms with Crippen LogP contribution in [0.3, 0.4) is 0 Å². The predicted octanol–water partition coefficient (Wildman–Crippen LogP) is 2.41. The Morgan fingerprint density at radius 2 is 1.42 bits per heavy atom. The second kappa shape index (κ2) is 6.58. The minimum absolute atomic E-state index is 0.113. The summed E-state index contributed by atoms with van der Waals surface area (Å²) in [6.45, 7) is 1.55. The Labute approximate surface area is 139 Å². The first-order valence-electron chi connectivity index (χ1n) is 6.78. The molecule has 0 fully saturated rings. The van der Waals surface area contributed by atoms with E-state index in [4.69, 9.17) is 0 Å². The zero-order valence-corrected chi connectivity index (χ0v) is 14.5. The normalized spacial score (nSPS) is 13.7. The Balaban J connectivity index is 2.24. The molecule has 0 aliphatic carbocycles. The van der Waals surface area contributed by atoms with Crippen molar-refractivity contribution in [2.75, 3.05) is 6.26 Å². The standard InChI is InChI=1S/C15H15F2NO4S2/c1-10(11-3-5-12(6-4-11)23(2,19)20)18-24(21,22)13-7-8-14(16)15(17)9-13/h3-10,18H,1-2H3. The van der Waals surface area contributed by atoms with Gasteiger partial charge in [0.1, 0.15) is 0 Å². The number of sulfone groups is 1. The van der Waals surface area contributed by atoms with Crippen LogP contribution in [0.4, 0.5) is 8.78 Å². The zero-order valence-electron chi connectivity index (χ0n) is 12.8. The van der Waals surface area contributed by atoms with Crippen LogP contribution in [0.5, 0.6) is 0 Å². The van der Waals surface area contributed by atoms with Gasteiger partial charge in [0.25, 0.3) is 0 Å². The number of halogens is 2. The van der Waals surface area contributed by atoms with Gasteiger partial charge in [0.2, 0.25) is 10.0 Å². The fraction of sp³-hybridized carbons (Fsp3) is 0.200. The van der Waals surface area contributed by atoms with Gasteiger partial charge in [0, 0.05) is 12.3 Å². The summed E-state index contributed by atoms with van der Waals surface area (Å²) in [5.74, 6) is -2.40. The predicted molar refractivity (Wildman–Crippen MR) is 84.6 cm³/mol. The van der Waals surface area contributed by atoms with Crippen molar-refractivity contribution in [1.29, 1.82) is 0 Å². The van der Waals surface area contributed by atoms with E-state index in [0.717, 1.165) is 18.4 Å². The topological polar surface area (TPSA) is 80.3 Å². The maximum absolute atomic E-state index is 13.2. The Hall–Kier alpha value is -1.84. The zero-order chi connectivity index (χ0) is 18.1. The van der Waals surface area contributed by atoms with Crippen LogP contribution in [0.15, 0.2) is 52.3 Å². The van der Waals surface area contributed by atoms with Crippen molar-refractivity contribution in [3.63, 3.8) is 0 Å². The van der Waals surface area contributed by atoms with Gasteiger partial charge in [-0.1, -0.05) is 12.1 Å². The van der Waals surface area contributed by atoms with E-state index in [-0.39, 0.29) is 4.90 Å². The second-order valence-corrected chi connectivity index (χ2v) is 8.99. The summed E-state index contributed by atoms with van der Waals surface area (Å²) in [6, 6.07) is 7.29. The highest BCUT2D eigenvalue weighted by atomic mass is 32.2. The third-order valence-electron chi connectivity index (χ3n) is 3.34. The molecule has 0 spiro atoms. The molecule has 0 saturated carbocycles. The molecular weight excluding hydrogens is 360 g/mol. The van der Waals surface area contributed by atoms with Gasteiger partial charge in [-0.05, 0) is 42.8 Å². The highest BCUT2D eigenvalue weighted by Gasteiger charge is 2.20. The van der Waals surface area contributed by atoms with Gasteiger partial charge in [-0.25, -0.2) is 30.3 Å². The summed E-state index contributed by atoms with van der Waals surface area (Å²) in [4.78, 5) is -0.289. The van der Waals surface area contributed by atoms with Crippen LogP contribution >= 0.6 is 0 Å². The average Bonchev–Trinajstić information content (AvgIpc) is 2.48. The van der Waals surface area contributed by atoms with Crippen LogP contribution in [0.1, 0.15) is 18.5 Å². The molecule has 5 nitrogen and oxygen atoms in total. The van der Waals surface area contributed by atoms with Crippen LogP contribution < -0.4 is 4.72 Å². The largest absolute Gasteiger partial charge is 0.241 e. The second-order valence-electron chi connectivity index (χ2n) is 5.26. The van der Waals surface area contributed by atoms with Crippen LogP contribution in [-0.4, -0.2) is 23.1 Å². The van der Waals surface area contributed by atoms with E-state index in [1.54, 1.807) is 6.92 Å². The van der Waals surface area contributed by atoms with Crippen LogP contribution in [0.25, 0.3) is 0 Å². The number of sulfonamides is 1. The van der Waals surface area contributed by atoms with Gasteiger partial charge in [0.05, 0.1) is 9.79 Å².